The number of nitrogens with zero attached hydrogens (tertiary/aromatic N) is 2. The van der Waals surface area contributed by atoms with E-state index < -0.39 is 4.92 Å². The molecule has 24 heavy (non-hydrogen) atoms. The summed E-state index contributed by atoms with van der Waals surface area (Å²) in [4.78, 5) is 24.5. The first kappa shape index (κ1) is 19.3. The number of hydrogen-bond donors (Lipinski definition) is 1. The number of urea groups is 1. The zero-order chi connectivity index (χ0) is 17.2. The number of nitro benzene ring substituents is 1. The van der Waals surface area contributed by atoms with Crippen molar-refractivity contribution in [2.75, 3.05) is 52.9 Å². The molecule has 6 nitrogen and oxygen atoms in total. The Balaban J connectivity index is 1.90. The van der Waals surface area contributed by atoms with Crippen LogP contribution in [0.5, 0.6) is 0 Å². The van der Waals surface area contributed by atoms with E-state index in [2.05, 4.69) is 5.32 Å². The Labute approximate surface area is 154 Å². The molecule has 0 radical (unpaired) electrons. The minimum atomic E-state index is -0.450. The highest BCUT2D eigenvalue weighted by Gasteiger charge is 2.14. The average Bonchev–Trinajstić information content (AvgIpc) is 2.55. The number of benzene rings is 1. The van der Waals surface area contributed by atoms with Crippen molar-refractivity contribution in [2.24, 2.45) is 0 Å². The Hall–Kier alpha value is -1.06. The van der Waals surface area contributed by atoms with Crippen molar-refractivity contribution in [2.45, 2.75) is 0 Å². The van der Waals surface area contributed by atoms with Crippen LogP contribution >= 0.6 is 35.3 Å². The number of hydrogen-bond acceptors (Lipinski definition) is 6. The van der Waals surface area contributed by atoms with Gasteiger partial charge in [0.1, 0.15) is 0 Å². The van der Waals surface area contributed by atoms with Crippen molar-refractivity contribution < 1.29 is 9.72 Å². The molecule has 9 heteroatoms. The molecule has 0 aromatic heterocycles. The highest BCUT2D eigenvalue weighted by atomic mass is 32.2. The van der Waals surface area contributed by atoms with Gasteiger partial charge in [-0.05, 0) is 12.1 Å². The van der Waals surface area contributed by atoms with Crippen LogP contribution in [0, 0.1) is 10.1 Å². The van der Waals surface area contributed by atoms with Crippen molar-refractivity contribution in [3.8, 4) is 0 Å². The van der Waals surface area contributed by atoms with E-state index >= 15 is 0 Å². The van der Waals surface area contributed by atoms with E-state index in [0.29, 0.717) is 18.8 Å². The van der Waals surface area contributed by atoms with Crippen LogP contribution in [0.2, 0.25) is 0 Å². The van der Waals surface area contributed by atoms with E-state index in [1.54, 1.807) is 12.1 Å². The molecule has 1 aromatic carbocycles. The third-order valence-electron chi connectivity index (χ3n) is 3.37. The van der Waals surface area contributed by atoms with Crippen LogP contribution < -0.4 is 5.32 Å². The van der Waals surface area contributed by atoms with Crippen molar-refractivity contribution >= 4 is 52.7 Å². The molecule has 0 unspecified atom stereocenters. The maximum absolute atomic E-state index is 12.5. The second kappa shape index (κ2) is 10.7. The molecular formula is C15H21N3O3S3. The van der Waals surface area contributed by atoms with Gasteiger partial charge in [0, 0.05) is 65.4 Å². The Morgan fingerprint density at radius 3 is 1.96 bits per heavy atom. The Morgan fingerprint density at radius 1 is 0.958 bits per heavy atom. The average molecular weight is 388 g/mol. The van der Waals surface area contributed by atoms with Crippen LogP contribution in [0.4, 0.5) is 16.2 Å². The van der Waals surface area contributed by atoms with Gasteiger partial charge in [0.15, 0.2) is 0 Å². The van der Waals surface area contributed by atoms with Crippen molar-refractivity contribution in [3.63, 3.8) is 0 Å². The minimum absolute atomic E-state index is 0.0185. The van der Waals surface area contributed by atoms with Gasteiger partial charge in [0.25, 0.3) is 5.69 Å². The molecule has 1 heterocycles. The molecule has 1 aromatic rings. The first-order valence-electron chi connectivity index (χ1n) is 7.70. The second-order valence-electron chi connectivity index (χ2n) is 5.06. The van der Waals surface area contributed by atoms with Crippen LogP contribution in [-0.2, 0) is 0 Å². The van der Waals surface area contributed by atoms with E-state index in [9.17, 15) is 14.9 Å². The number of carbonyl (C=O) groups is 1. The third kappa shape index (κ3) is 6.82. The lowest BCUT2D eigenvalue weighted by Gasteiger charge is -2.23. The summed E-state index contributed by atoms with van der Waals surface area (Å²) >= 11 is 5.75. The first-order valence-corrected chi connectivity index (χ1v) is 11.2. The first-order chi connectivity index (χ1) is 11.7. The predicted octanol–water partition coefficient (Wildman–Crippen LogP) is 3.64. The maximum Gasteiger partial charge on any atom is 0.321 e. The number of nitro groups is 1. The van der Waals surface area contributed by atoms with E-state index in [0.717, 1.165) is 23.0 Å². The highest BCUT2D eigenvalue weighted by molar-refractivity contribution is 8.04. The number of non-ortho nitro benzene ring substituents is 1. The van der Waals surface area contributed by atoms with Crippen molar-refractivity contribution in [1.29, 1.82) is 0 Å². The van der Waals surface area contributed by atoms with Crippen molar-refractivity contribution in [1.82, 2.24) is 4.90 Å². The summed E-state index contributed by atoms with van der Waals surface area (Å²) < 4.78 is 0. The van der Waals surface area contributed by atoms with Crippen LogP contribution in [-0.4, -0.2) is 63.5 Å². The lowest BCUT2D eigenvalue weighted by atomic mass is 10.3. The zero-order valence-electron chi connectivity index (χ0n) is 13.3. The summed E-state index contributed by atoms with van der Waals surface area (Å²) in [6.07, 6.45) is 0. The summed E-state index contributed by atoms with van der Waals surface area (Å²) in [5.41, 5.74) is 0.596. The fourth-order valence-electron chi connectivity index (χ4n) is 2.08. The summed E-state index contributed by atoms with van der Waals surface area (Å²) in [6, 6.07) is 5.78. The smallest absolute Gasteiger partial charge is 0.321 e. The topological polar surface area (TPSA) is 75.5 Å². The largest absolute Gasteiger partial charge is 0.323 e. The third-order valence-corrected chi connectivity index (χ3v) is 6.80. The molecule has 0 bridgehead atoms. The van der Waals surface area contributed by atoms with Gasteiger partial charge in [-0.3, -0.25) is 10.1 Å². The summed E-state index contributed by atoms with van der Waals surface area (Å²) in [5, 5.41) is 13.5. The molecule has 1 saturated heterocycles. The van der Waals surface area contributed by atoms with E-state index in [1.807, 2.05) is 40.2 Å². The molecule has 0 aliphatic carbocycles. The normalized spacial score (nSPS) is 17.4. The zero-order valence-corrected chi connectivity index (χ0v) is 15.8. The summed E-state index contributed by atoms with van der Waals surface area (Å²) in [5.74, 6) is 6.43. The van der Waals surface area contributed by atoms with Gasteiger partial charge in [-0.1, -0.05) is 0 Å². The molecule has 2 amide bonds. The fraction of sp³-hybridized carbons (Fsp3) is 0.533. The Bertz CT molecular complexity index is 531. The van der Waals surface area contributed by atoms with Gasteiger partial charge in [0.05, 0.1) is 4.92 Å². The Morgan fingerprint density at radius 2 is 1.46 bits per heavy atom. The number of amides is 2. The highest BCUT2D eigenvalue weighted by Crippen LogP contribution is 2.17. The molecule has 1 N–H and O–H groups in total. The molecular weight excluding hydrogens is 366 g/mol. The van der Waals surface area contributed by atoms with Crippen LogP contribution in [0.25, 0.3) is 0 Å². The molecule has 1 fully saturated rings. The lowest BCUT2D eigenvalue weighted by Crippen LogP contribution is -2.38. The summed E-state index contributed by atoms with van der Waals surface area (Å²) in [7, 11) is 0. The number of anilines is 1. The predicted molar refractivity (Wildman–Crippen MR) is 106 cm³/mol. The molecule has 2 rings (SSSR count). The molecule has 0 atom stereocenters. The molecule has 1 aliphatic heterocycles. The van der Waals surface area contributed by atoms with E-state index in [1.165, 1.54) is 23.6 Å². The minimum Gasteiger partial charge on any atom is -0.323 e. The SMILES string of the molecule is O=C(Nc1ccc([N+](=O)[O-])cc1)N1CCSCCSCCSCC1. The number of nitrogens with one attached hydrogen (secondary N) is 1. The maximum atomic E-state index is 12.5. The van der Waals surface area contributed by atoms with Gasteiger partial charge in [-0.15, -0.1) is 0 Å². The summed E-state index contributed by atoms with van der Waals surface area (Å²) in [6.45, 7) is 1.43. The van der Waals surface area contributed by atoms with E-state index in [-0.39, 0.29) is 11.7 Å². The number of thioether (sulfide) groups is 3. The molecule has 1 aliphatic rings. The molecule has 0 spiro atoms. The van der Waals surface area contributed by atoms with E-state index in [4.69, 9.17) is 0 Å². The van der Waals surface area contributed by atoms with Crippen LogP contribution in [0.15, 0.2) is 24.3 Å². The van der Waals surface area contributed by atoms with Gasteiger partial charge in [0.2, 0.25) is 0 Å². The molecule has 0 saturated carbocycles. The van der Waals surface area contributed by atoms with Crippen LogP contribution in [0.3, 0.4) is 0 Å². The Kier molecular flexibility index (Phi) is 8.62. The molecule has 132 valence electrons. The lowest BCUT2D eigenvalue weighted by molar-refractivity contribution is -0.384. The number of carbonyl (C=O) groups excluding carboxylic acids is 1. The number of rotatable bonds is 2. The second-order valence-corrected chi connectivity index (χ2v) is 8.73. The van der Waals surface area contributed by atoms with Gasteiger partial charge in [-0.2, -0.15) is 35.3 Å². The quantitative estimate of drug-likeness (QED) is 0.617. The fourth-order valence-corrected chi connectivity index (χ4v) is 5.27. The van der Waals surface area contributed by atoms with Gasteiger partial charge >= 0.3 is 6.03 Å². The standard InChI is InChI=1S/C15H21N3O3S3/c19-15(16-13-1-3-14(4-2-13)18(20)21)17-5-7-22-9-11-24-12-10-23-8-6-17/h1-4H,5-12H2,(H,16,19). The monoisotopic (exact) mass is 387 g/mol. The van der Waals surface area contributed by atoms with Crippen LogP contribution in [0.1, 0.15) is 0 Å². The van der Waals surface area contributed by atoms with Gasteiger partial charge < -0.3 is 10.2 Å². The van der Waals surface area contributed by atoms with Crippen molar-refractivity contribution in [3.05, 3.63) is 34.4 Å². The van der Waals surface area contributed by atoms with Gasteiger partial charge in [-0.25, -0.2) is 4.79 Å².